The van der Waals surface area contributed by atoms with Crippen LogP contribution in [0.2, 0.25) is 0 Å². The Morgan fingerprint density at radius 1 is 1.06 bits per heavy atom. The summed E-state index contributed by atoms with van der Waals surface area (Å²) in [5.41, 5.74) is 7.53. The Balaban J connectivity index is 1.52. The zero-order chi connectivity index (χ0) is 34.4. The van der Waals surface area contributed by atoms with Gasteiger partial charge in [-0.3, -0.25) is 4.79 Å². The summed E-state index contributed by atoms with van der Waals surface area (Å²) in [6, 6.07) is 18.1. The Hall–Kier alpha value is -5.59. The number of likely N-dealkylation sites (tertiary alicyclic amines) is 1. The Bertz CT molecular complexity index is 1800. The lowest BCUT2D eigenvalue weighted by atomic mass is 10.0. The van der Waals surface area contributed by atoms with Crippen molar-refractivity contribution in [3.63, 3.8) is 0 Å². The molecule has 1 fully saturated rings. The first kappa shape index (κ1) is 33.8. The molecule has 0 bridgehead atoms. The van der Waals surface area contributed by atoms with Gasteiger partial charge in [0.25, 0.3) is 0 Å². The highest BCUT2D eigenvalue weighted by molar-refractivity contribution is 5.96. The standard InChI is InChI=1S/C35H40N6O7/c1-6-45-27-14-12-26(13-15-27)40(34(44)48-35(3,4)5)32-23(2)31(38-30-16-18-37-41(30)32)47-28-21-39(19-17-25(28)20-29(36)42)33(43)46-22-24-10-8-7-9-11-24/h7-16,18,20,28H,6,17,19,21-22H2,1-5H3,(H2,36,42)/b25-20-. The summed E-state index contributed by atoms with van der Waals surface area (Å²) in [7, 11) is 0. The quantitative estimate of drug-likeness (QED) is 0.223. The highest BCUT2D eigenvalue weighted by Gasteiger charge is 2.34. The minimum absolute atomic E-state index is 0.0717. The molecule has 1 aliphatic heterocycles. The van der Waals surface area contributed by atoms with Crippen LogP contribution in [0.15, 0.2) is 78.5 Å². The number of benzene rings is 2. The molecule has 13 heteroatoms. The number of carbonyl (C=O) groups excluding carboxylic acids is 3. The van der Waals surface area contributed by atoms with Gasteiger partial charge in [0.15, 0.2) is 11.5 Å². The fourth-order valence-electron chi connectivity index (χ4n) is 5.25. The van der Waals surface area contributed by atoms with Crippen molar-refractivity contribution in [1.29, 1.82) is 0 Å². The average molecular weight is 657 g/mol. The van der Waals surface area contributed by atoms with Gasteiger partial charge in [0.05, 0.1) is 30.6 Å². The highest BCUT2D eigenvalue weighted by Crippen LogP contribution is 2.36. The van der Waals surface area contributed by atoms with Crippen LogP contribution in [0.5, 0.6) is 11.6 Å². The van der Waals surface area contributed by atoms with Gasteiger partial charge in [0, 0.05) is 18.7 Å². The minimum Gasteiger partial charge on any atom is -0.494 e. The maximum atomic E-state index is 13.9. The van der Waals surface area contributed by atoms with E-state index in [4.69, 9.17) is 29.7 Å². The number of fused-ring (bicyclic) bond motifs is 1. The molecule has 13 nitrogen and oxygen atoms in total. The highest BCUT2D eigenvalue weighted by atomic mass is 16.6. The fraction of sp³-hybridized carbons (Fsp3) is 0.343. The van der Waals surface area contributed by atoms with Gasteiger partial charge in [0.1, 0.15) is 24.1 Å². The molecule has 3 heterocycles. The molecule has 2 aromatic carbocycles. The maximum Gasteiger partial charge on any atom is 0.420 e. The van der Waals surface area contributed by atoms with Gasteiger partial charge in [-0.05, 0) is 76.4 Å². The lowest BCUT2D eigenvalue weighted by Gasteiger charge is -2.34. The van der Waals surface area contributed by atoms with Gasteiger partial charge in [-0.15, -0.1) is 0 Å². The third-order valence-electron chi connectivity index (χ3n) is 7.40. The largest absolute Gasteiger partial charge is 0.494 e. The number of amides is 3. The van der Waals surface area contributed by atoms with Crippen LogP contribution in [0, 0.1) is 6.92 Å². The van der Waals surface area contributed by atoms with Crippen LogP contribution in [0.3, 0.4) is 0 Å². The molecule has 1 atom stereocenters. The van der Waals surface area contributed by atoms with Crippen LogP contribution in [0.1, 0.15) is 45.2 Å². The normalized spacial score (nSPS) is 15.6. The number of piperidine rings is 1. The molecule has 252 valence electrons. The molecule has 5 rings (SSSR count). The Kier molecular flexibility index (Phi) is 10.2. The van der Waals surface area contributed by atoms with E-state index >= 15 is 0 Å². The van der Waals surface area contributed by atoms with Crippen LogP contribution in [-0.4, -0.2) is 69.0 Å². The number of hydrogen-bond donors (Lipinski definition) is 1. The number of aromatic nitrogens is 3. The molecule has 48 heavy (non-hydrogen) atoms. The van der Waals surface area contributed by atoms with Crippen LogP contribution < -0.4 is 20.1 Å². The third-order valence-corrected chi connectivity index (χ3v) is 7.40. The predicted octanol–water partition coefficient (Wildman–Crippen LogP) is 5.71. The van der Waals surface area contributed by atoms with Crippen LogP contribution in [-0.2, 0) is 20.9 Å². The van der Waals surface area contributed by atoms with Crippen molar-refractivity contribution in [2.75, 3.05) is 24.6 Å². The monoisotopic (exact) mass is 656 g/mol. The summed E-state index contributed by atoms with van der Waals surface area (Å²) < 4.78 is 25.1. The molecule has 4 aromatic rings. The van der Waals surface area contributed by atoms with Gasteiger partial charge in [0.2, 0.25) is 11.8 Å². The number of rotatable bonds is 9. The Morgan fingerprint density at radius 3 is 2.46 bits per heavy atom. The number of carbonyl (C=O) groups is 3. The predicted molar refractivity (Wildman–Crippen MR) is 178 cm³/mol. The molecule has 2 aromatic heterocycles. The van der Waals surface area contributed by atoms with Crippen molar-refractivity contribution in [2.24, 2.45) is 5.73 Å². The second kappa shape index (κ2) is 14.4. The number of ether oxygens (including phenoxy) is 4. The number of hydrogen-bond acceptors (Lipinski definition) is 9. The lowest BCUT2D eigenvalue weighted by molar-refractivity contribution is -0.113. The summed E-state index contributed by atoms with van der Waals surface area (Å²) in [6.07, 6.45) is 1.24. The summed E-state index contributed by atoms with van der Waals surface area (Å²) in [6.45, 7) is 9.96. The van der Waals surface area contributed by atoms with Crippen molar-refractivity contribution in [2.45, 2.75) is 59.4 Å². The molecule has 0 spiro atoms. The van der Waals surface area contributed by atoms with Crippen LogP contribution >= 0.6 is 0 Å². The molecular weight excluding hydrogens is 616 g/mol. The number of nitrogens with two attached hydrogens (primary N) is 1. The van der Waals surface area contributed by atoms with Crippen molar-refractivity contribution in [1.82, 2.24) is 19.5 Å². The van der Waals surface area contributed by atoms with Crippen molar-refractivity contribution >= 4 is 35.2 Å². The third kappa shape index (κ3) is 8.03. The Morgan fingerprint density at radius 2 is 1.79 bits per heavy atom. The van der Waals surface area contributed by atoms with E-state index in [-0.39, 0.29) is 19.0 Å². The van der Waals surface area contributed by atoms with E-state index in [0.717, 1.165) is 5.56 Å². The Labute approximate surface area is 278 Å². The summed E-state index contributed by atoms with van der Waals surface area (Å²) in [5.74, 6) is 0.496. The van der Waals surface area contributed by atoms with Gasteiger partial charge in [-0.2, -0.15) is 14.6 Å². The van der Waals surface area contributed by atoms with E-state index in [1.54, 1.807) is 64.2 Å². The second-order valence-corrected chi connectivity index (χ2v) is 12.2. The molecule has 3 amide bonds. The maximum absolute atomic E-state index is 13.9. The van der Waals surface area contributed by atoms with Gasteiger partial charge >= 0.3 is 12.2 Å². The molecule has 2 N–H and O–H groups in total. The number of primary amides is 1. The molecule has 1 aliphatic rings. The topological polar surface area (TPSA) is 151 Å². The van der Waals surface area contributed by atoms with Crippen LogP contribution in [0.25, 0.3) is 5.65 Å². The first-order chi connectivity index (χ1) is 22.9. The molecule has 1 unspecified atom stereocenters. The van der Waals surface area contributed by atoms with E-state index in [9.17, 15) is 14.4 Å². The molecule has 0 aliphatic carbocycles. The van der Waals surface area contributed by atoms with E-state index in [1.165, 1.54) is 20.4 Å². The zero-order valence-corrected chi connectivity index (χ0v) is 27.7. The number of nitrogens with zero attached hydrogens (tertiary/aromatic N) is 5. The first-order valence-corrected chi connectivity index (χ1v) is 15.7. The molecular formula is C35H40N6O7. The summed E-state index contributed by atoms with van der Waals surface area (Å²) in [5, 5.41) is 4.46. The average Bonchev–Trinajstić information content (AvgIpc) is 3.51. The van der Waals surface area contributed by atoms with Gasteiger partial charge in [-0.25, -0.2) is 14.5 Å². The second-order valence-electron chi connectivity index (χ2n) is 12.2. The molecule has 1 saturated heterocycles. The lowest BCUT2D eigenvalue weighted by Crippen LogP contribution is -2.46. The van der Waals surface area contributed by atoms with E-state index < -0.39 is 29.8 Å². The van der Waals surface area contributed by atoms with E-state index in [1.807, 2.05) is 37.3 Å². The fourth-order valence-corrected chi connectivity index (χ4v) is 5.25. The van der Waals surface area contributed by atoms with Crippen molar-refractivity contribution in [3.05, 3.63) is 89.6 Å². The van der Waals surface area contributed by atoms with E-state index in [0.29, 0.717) is 53.6 Å². The molecule has 0 saturated carbocycles. The summed E-state index contributed by atoms with van der Waals surface area (Å²) >= 11 is 0. The van der Waals surface area contributed by atoms with Gasteiger partial charge < -0.3 is 29.6 Å². The van der Waals surface area contributed by atoms with Crippen molar-refractivity contribution < 1.29 is 33.3 Å². The van der Waals surface area contributed by atoms with Crippen LogP contribution in [0.4, 0.5) is 21.1 Å². The van der Waals surface area contributed by atoms with E-state index in [2.05, 4.69) is 5.10 Å². The minimum atomic E-state index is -0.806. The molecule has 0 radical (unpaired) electrons. The van der Waals surface area contributed by atoms with Gasteiger partial charge in [-0.1, -0.05) is 30.3 Å². The number of anilines is 2. The summed E-state index contributed by atoms with van der Waals surface area (Å²) in [4.78, 5) is 46.6. The zero-order valence-electron chi connectivity index (χ0n) is 27.7. The smallest absolute Gasteiger partial charge is 0.420 e. The van der Waals surface area contributed by atoms with Crippen molar-refractivity contribution in [3.8, 4) is 11.6 Å². The SMILES string of the molecule is CCOc1ccc(N(C(=O)OC(C)(C)C)c2c(C)c(OC3CN(C(=O)OCc4ccccc4)CC/C3=C/C(N)=O)nc3ccnn23)cc1. The first-order valence-electron chi connectivity index (χ1n) is 15.7.